The molecule has 0 aromatic carbocycles. The molecule has 44 heteroatoms. The van der Waals surface area contributed by atoms with Crippen molar-refractivity contribution in [1.29, 1.82) is 0 Å². The van der Waals surface area contributed by atoms with Crippen LogP contribution in [0.5, 0.6) is 0 Å². The molecule has 0 bridgehead atoms. The molecule has 0 heterocycles. The van der Waals surface area contributed by atoms with Gasteiger partial charge in [0.15, 0.2) is 0 Å². The Morgan fingerprint density at radius 1 is 0.295 bits per heavy atom. The zero-order valence-corrected chi connectivity index (χ0v) is 46.6. The number of rotatable bonds is 8. The molecule has 4 atom stereocenters. The quantitative estimate of drug-likeness (QED) is 0.0795. The Bertz CT molecular complexity index is 807. The Balaban J connectivity index is -0.0000000188. The van der Waals surface area contributed by atoms with Crippen LogP contribution in [0.4, 0.5) is 0 Å². The Morgan fingerprint density at radius 2 is 0.364 bits per heavy atom. The van der Waals surface area contributed by atoms with E-state index >= 15 is 0 Å². The van der Waals surface area contributed by atoms with E-state index in [2.05, 4.69) is 17.2 Å². The standard InChI is InChI=1S/8Na.4H4O7P2.4H/c;;;;;;;;4*1-8(2,3)7-9(4,5)6;;;;/h;;;;;;;;4*(H2,1,2,3)(H2,4,5,6);;;;/q8*+1;;;;;4*-1/p-4. The maximum atomic E-state index is 9.59. The zero-order valence-electron chi connectivity index (χ0n) is 27.5. The molecule has 44 heavy (non-hydrogen) atoms. The van der Waals surface area contributed by atoms with Gasteiger partial charge in [-0.15, -0.1) is 0 Å². The monoisotopic (exact) mass is 896 g/mol. The van der Waals surface area contributed by atoms with Crippen LogP contribution < -0.4 is 256 Å². The average Bonchev–Trinajstić information content (AvgIpc) is 2.19. The van der Waals surface area contributed by atoms with Gasteiger partial charge in [0.1, 0.15) is 0 Å². The topological polar surface area (TPSA) is 508 Å². The Morgan fingerprint density at radius 3 is 0.364 bits per heavy atom. The molecule has 4 unspecified atom stereocenters. The summed E-state index contributed by atoms with van der Waals surface area (Å²) in [6, 6.07) is 0. The van der Waals surface area contributed by atoms with Crippen LogP contribution in [0.1, 0.15) is 5.71 Å². The normalized spacial score (nSPS) is 15.6. The largest absolute Gasteiger partial charge is 1.00 e. The summed E-state index contributed by atoms with van der Waals surface area (Å²) in [6.07, 6.45) is 0. The zero-order chi connectivity index (χ0) is 30.8. The van der Waals surface area contributed by atoms with E-state index in [1.165, 1.54) is 0 Å². The maximum Gasteiger partial charge on any atom is 1.00 e. The van der Waals surface area contributed by atoms with Crippen LogP contribution in [0, 0.1) is 0 Å². The van der Waals surface area contributed by atoms with Crippen molar-refractivity contribution in [3.63, 3.8) is 0 Å². The van der Waals surface area contributed by atoms with E-state index in [-0.39, 0.29) is 242 Å². The van der Waals surface area contributed by atoms with Gasteiger partial charge in [0.2, 0.25) is 0 Å². The predicted molar refractivity (Wildman–Crippen MR) is 96.3 cm³/mol. The molecule has 12 N–H and O–H groups in total. The van der Waals surface area contributed by atoms with E-state index in [0.717, 1.165) is 0 Å². The second-order valence-corrected chi connectivity index (χ2v) is 14.4. The molecular formula is H16Na8O28P8. The van der Waals surface area contributed by atoms with Gasteiger partial charge in [0, 0.05) is 0 Å². The number of phosphoric acid groups is 8. The van der Waals surface area contributed by atoms with Gasteiger partial charge in [-0.3, -0.25) is 18.3 Å². The predicted octanol–water partition coefficient (Wildman–Crippen LogP) is -29.3. The first kappa shape index (κ1) is 85.3. The van der Waals surface area contributed by atoms with Crippen molar-refractivity contribution >= 4 is 62.6 Å². The van der Waals surface area contributed by atoms with Gasteiger partial charge in [-0.25, -0.2) is 35.5 Å². The first-order valence-corrected chi connectivity index (χ1v) is 18.2. The van der Waals surface area contributed by atoms with Gasteiger partial charge in [-0.05, 0) is 0 Å². The summed E-state index contributed by atoms with van der Waals surface area (Å²) in [7, 11) is -41.7. The molecule has 0 aliphatic rings. The third kappa shape index (κ3) is 117. The Labute approximate surface area is 428 Å². The summed E-state index contributed by atoms with van der Waals surface area (Å²) in [5.74, 6) is 0. The van der Waals surface area contributed by atoms with Crippen LogP contribution in [0.2, 0.25) is 0 Å². The Hall–Kier alpha value is 9.04. The van der Waals surface area contributed by atoms with Gasteiger partial charge in [-0.1, -0.05) is 0 Å². The third-order valence-corrected chi connectivity index (χ3v) is 7.54. The number of hydrogen-bond donors (Lipinski definition) is 12. The summed E-state index contributed by atoms with van der Waals surface area (Å²) >= 11 is 0. The molecule has 0 fully saturated rings. The first-order valence-electron chi connectivity index (χ1n) is 6.05. The summed E-state index contributed by atoms with van der Waals surface area (Å²) in [6.45, 7) is 0. The van der Waals surface area contributed by atoms with Crippen LogP contribution >= 0.6 is 62.6 Å². The average molecular weight is 896 g/mol. The molecule has 0 aromatic heterocycles. The molecule has 0 radical (unpaired) electrons. The smallest absolute Gasteiger partial charge is 1.00 e. The van der Waals surface area contributed by atoms with Crippen LogP contribution in [-0.2, 0) is 53.8 Å². The van der Waals surface area contributed by atoms with Gasteiger partial charge in [0.25, 0.3) is 31.3 Å². The molecule has 0 aliphatic carbocycles. The van der Waals surface area contributed by atoms with E-state index < -0.39 is 62.6 Å². The van der Waals surface area contributed by atoms with Gasteiger partial charge >= 0.3 is 268 Å². The van der Waals surface area contributed by atoms with Crippen molar-refractivity contribution < 1.29 is 374 Å². The van der Waals surface area contributed by atoms with Crippen molar-refractivity contribution in [2.75, 3.05) is 0 Å². The molecule has 0 aliphatic heterocycles. The SMILES string of the molecule is O=P([O-])(O)OP(=O)(O)O.O=P([O-])(O)OP(=O)(O)O.O=P([O-])(O)OP(=O)(O)O.O=P([O-])(O)OP(=O)(O)O.[H-].[H-].[H-].[H-].[Na+].[Na+].[Na+].[Na+].[Na+].[Na+].[Na+].[Na+]. The summed E-state index contributed by atoms with van der Waals surface area (Å²) < 4.78 is 87.8. The van der Waals surface area contributed by atoms with Crippen molar-refractivity contribution in [2.24, 2.45) is 0 Å². The molecule has 232 valence electrons. The van der Waals surface area contributed by atoms with Crippen LogP contribution in [0.15, 0.2) is 0 Å². The molecule has 0 amide bonds. The third-order valence-electron chi connectivity index (χ3n) is 0.838. The van der Waals surface area contributed by atoms with E-state index in [4.69, 9.17) is 58.7 Å². The molecule has 0 rings (SSSR count). The molecule has 0 saturated heterocycles. The first-order chi connectivity index (χ1) is 14.8. The van der Waals surface area contributed by atoms with Crippen molar-refractivity contribution in [1.82, 2.24) is 0 Å². The minimum Gasteiger partial charge on any atom is -1.00 e. The fourth-order valence-electron chi connectivity index (χ4n) is 0.538. The van der Waals surface area contributed by atoms with Gasteiger partial charge in [-0.2, -0.15) is 0 Å². The Kier molecular flexibility index (Phi) is 70.5. The van der Waals surface area contributed by atoms with E-state index in [9.17, 15) is 56.1 Å². The van der Waals surface area contributed by atoms with Crippen molar-refractivity contribution in [3.8, 4) is 0 Å². The van der Waals surface area contributed by atoms with Gasteiger partial charge < -0.3 is 84.0 Å². The summed E-state index contributed by atoms with van der Waals surface area (Å²) in [4.78, 5) is 130. The van der Waals surface area contributed by atoms with Crippen molar-refractivity contribution in [3.05, 3.63) is 0 Å². The molecule has 0 aromatic rings. The fourth-order valence-corrected chi connectivity index (χ4v) is 4.84. The van der Waals surface area contributed by atoms with Crippen molar-refractivity contribution in [2.45, 2.75) is 0 Å². The second-order valence-electron chi connectivity index (χ2n) is 4.16. The van der Waals surface area contributed by atoms with E-state index in [1.807, 2.05) is 0 Å². The van der Waals surface area contributed by atoms with Crippen LogP contribution in [0.25, 0.3) is 0 Å². The van der Waals surface area contributed by atoms with E-state index in [1.54, 1.807) is 0 Å². The van der Waals surface area contributed by atoms with Crippen LogP contribution in [0.3, 0.4) is 0 Å². The molecule has 0 saturated carbocycles. The number of hydrogen-bond acceptors (Lipinski definition) is 16. The van der Waals surface area contributed by atoms with Crippen LogP contribution in [-0.4, -0.2) is 58.7 Å². The minimum absolute atomic E-state index is 0. The second kappa shape index (κ2) is 36.4. The summed E-state index contributed by atoms with van der Waals surface area (Å²) in [5, 5.41) is 0. The molecule has 0 spiro atoms. The molecular weight excluding hydrogens is 880 g/mol. The maximum absolute atomic E-state index is 9.59. The van der Waals surface area contributed by atoms with E-state index in [0.29, 0.717) is 0 Å². The minimum atomic E-state index is -5.30. The fraction of sp³-hybridized carbons (Fsp3) is 0. The molecule has 28 nitrogen and oxygen atoms in total. The summed E-state index contributed by atoms with van der Waals surface area (Å²) in [5.41, 5.74) is 0. The van der Waals surface area contributed by atoms with Gasteiger partial charge in [0.05, 0.1) is 0 Å².